The molecule has 2 aromatic carbocycles. The molecule has 5 nitrogen and oxygen atoms in total. The van der Waals surface area contributed by atoms with E-state index in [2.05, 4.69) is 15.5 Å². The van der Waals surface area contributed by atoms with Gasteiger partial charge in [0.15, 0.2) is 6.10 Å². The van der Waals surface area contributed by atoms with E-state index in [0.717, 1.165) is 16.5 Å². The molecule has 3 rings (SSSR count). The number of hydrogen-bond donors (Lipinski definition) is 2. The summed E-state index contributed by atoms with van der Waals surface area (Å²) in [6.07, 6.45) is 2.69. The van der Waals surface area contributed by atoms with Crippen LogP contribution in [0, 0.1) is 0 Å². The zero-order valence-electron chi connectivity index (χ0n) is 12.7. The molecule has 1 heterocycles. The van der Waals surface area contributed by atoms with E-state index in [1.165, 1.54) is 0 Å². The summed E-state index contributed by atoms with van der Waals surface area (Å²) in [6, 6.07) is 17.4. The number of nitrogens with zero attached hydrogens (tertiary/aromatic N) is 1. The number of ether oxygens (including phenoxy) is 1. The zero-order valence-corrected chi connectivity index (χ0v) is 12.7. The first-order valence-corrected chi connectivity index (χ1v) is 7.34. The van der Waals surface area contributed by atoms with Gasteiger partial charge in [-0.1, -0.05) is 30.3 Å². The summed E-state index contributed by atoms with van der Waals surface area (Å²) in [5.41, 5.74) is 3.28. The first-order valence-electron chi connectivity index (χ1n) is 7.34. The Morgan fingerprint density at radius 1 is 1.17 bits per heavy atom. The molecule has 1 amide bonds. The predicted molar refractivity (Wildman–Crippen MR) is 90.6 cm³/mol. The van der Waals surface area contributed by atoms with Gasteiger partial charge in [0.1, 0.15) is 5.75 Å². The van der Waals surface area contributed by atoms with E-state index in [-0.39, 0.29) is 5.91 Å². The number of carbonyl (C=O) groups excluding carboxylic acids is 1. The summed E-state index contributed by atoms with van der Waals surface area (Å²) in [5, 5.41) is 6.09. The minimum atomic E-state index is -0.642. The number of hydrazone groups is 1. The summed E-state index contributed by atoms with van der Waals surface area (Å²) >= 11 is 0. The average Bonchev–Trinajstić information content (AvgIpc) is 3.08. The van der Waals surface area contributed by atoms with Crippen molar-refractivity contribution in [3.05, 3.63) is 66.5 Å². The Hall–Kier alpha value is -3.08. The van der Waals surface area contributed by atoms with Crippen LogP contribution in [-0.2, 0) is 4.79 Å². The van der Waals surface area contributed by atoms with E-state index in [4.69, 9.17) is 4.74 Å². The van der Waals surface area contributed by atoms with Gasteiger partial charge in [0.05, 0.1) is 11.9 Å². The molecule has 0 aliphatic heterocycles. The van der Waals surface area contributed by atoms with Crippen molar-refractivity contribution in [2.45, 2.75) is 13.0 Å². The molecule has 0 unspecified atom stereocenters. The molecule has 2 N–H and O–H groups in total. The molecule has 23 heavy (non-hydrogen) atoms. The molecule has 116 valence electrons. The number of rotatable bonds is 5. The highest BCUT2D eigenvalue weighted by Gasteiger charge is 2.14. The van der Waals surface area contributed by atoms with Crippen molar-refractivity contribution in [3.8, 4) is 5.75 Å². The normalized spacial score (nSPS) is 12.4. The minimum absolute atomic E-state index is 0.305. The van der Waals surface area contributed by atoms with E-state index >= 15 is 0 Å². The van der Waals surface area contributed by atoms with Gasteiger partial charge in [-0.2, -0.15) is 5.10 Å². The van der Waals surface area contributed by atoms with Gasteiger partial charge >= 0.3 is 0 Å². The van der Waals surface area contributed by atoms with Gasteiger partial charge in [0.2, 0.25) is 0 Å². The number of fused-ring (bicyclic) bond motifs is 1. The maximum Gasteiger partial charge on any atom is 0.280 e. The van der Waals surface area contributed by atoms with E-state index in [9.17, 15) is 4.79 Å². The third kappa shape index (κ3) is 3.77. The van der Waals surface area contributed by atoms with Crippen molar-refractivity contribution in [1.29, 1.82) is 0 Å². The fourth-order valence-electron chi connectivity index (χ4n) is 2.18. The number of hydrogen-bond acceptors (Lipinski definition) is 3. The fourth-order valence-corrected chi connectivity index (χ4v) is 2.18. The topological polar surface area (TPSA) is 66.5 Å². The molecular formula is C18H17N3O2. The molecule has 0 saturated carbocycles. The van der Waals surface area contributed by atoms with Crippen LogP contribution in [0.5, 0.6) is 5.75 Å². The van der Waals surface area contributed by atoms with Crippen molar-refractivity contribution in [2.24, 2.45) is 5.10 Å². The maximum absolute atomic E-state index is 12.0. The molecule has 3 aromatic rings. The third-order valence-corrected chi connectivity index (χ3v) is 3.40. The van der Waals surface area contributed by atoms with Crippen LogP contribution in [0.1, 0.15) is 12.6 Å². The quantitative estimate of drug-likeness (QED) is 0.562. The standard InChI is InChI=1S/C18H17N3O2/c1-13(18(22)21-20-12-16-7-4-10-19-16)23-17-9-8-14-5-2-3-6-15(14)11-17/h2-13,19H,1H3,(H,21,22)/b20-12+/t13-/m1/s1. The molecule has 0 fully saturated rings. The first-order chi connectivity index (χ1) is 11.2. The van der Waals surface area contributed by atoms with Gasteiger partial charge in [-0.3, -0.25) is 4.79 Å². The van der Waals surface area contributed by atoms with E-state index in [0.29, 0.717) is 5.75 Å². The second-order valence-electron chi connectivity index (χ2n) is 5.13. The smallest absolute Gasteiger partial charge is 0.280 e. The van der Waals surface area contributed by atoms with Gasteiger partial charge in [0.25, 0.3) is 5.91 Å². The molecule has 0 spiro atoms. The maximum atomic E-state index is 12.0. The summed E-state index contributed by atoms with van der Waals surface area (Å²) in [4.78, 5) is 14.9. The van der Waals surface area contributed by atoms with E-state index in [1.807, 2.05) is 54.6 Å². The lowest BCUT2D eigenvalue weighted by Crippen LogP contribution is -2.33. The number of carbonyl (C=O) groups is 1. The van der Waals surface area contributed by atoms with Crippen LogP contribution in [0.2, 0.25) is 0 Å². The van der Waals surface area contributed by atoms with Gasteiger partial charge < -0.3 is 9.72 Å². The van der Waals surface area contributed by atoms with Crippen LogP contribution in [0.25, 0.3) is 10.8 Å². The number of H-pyrrole nitrogens is 1. The summed E-state index contributed by atoms with van der Waals surface area (Å²) in [7, 11) is 0. The molecular weight excluding hydrogens is 290 g/mol. The molecule has 0 radical (unpaired) electrons. The fraction of sp³-hybridized carbons (Fsp3) is 0.111. The van der Waals surface area contributed by atoms with Crippen LogP contribution in [-0.4, -0.2) is 23.2 Å². The van der Waals surface area contributed by atoms with Crippen molar-refractivity contribution in [1.82, 2.24) is 10.4 Å². The Bertz CT molecular complexity index is 825. The van der Waals surface area contributed by atoms with Gasteiger partial charge in [0, 0.05) is 6.20 Å². The van der Waals surface area contributed by atoms with Gasteiger partial charge in [-0.25, -0.2) is 5.43 Å². The lowest BCUT2D eigenvalue weighted by molar-refractivity contribution is -0.127. The van der Waals surface area contributed by atoms with E-state index < -0.39 is 6.10 Å². The zero-order chi connectivity index (χ0) is 16.1. The SMILES string of the molecule is C[C@@H](Oc1ccc2ccccc2c1)C(=O)N/N=C/c1ccc[nH]1. The highest BCUT2D eigenvalue weighted by molar-refractivity contribution is 5.85. The monoisotopic (exact) mass is 307 g/mol. The second-order valence-corrected chi connectivity index (χ2v) is 5.13. The summed E-state index contributed by atoms with van der Waals surface area (Å²) in [5.74, 6) is 0.348. The Kier molecular flexibility index (Phi) is 4.38. The van der Waals surface area contributed by atoms with Crippen LogP contribution >= 0.6 is 0 Å². The lowest BCUT2D eigenvalue weighted by atomic mass is 10.1. The number of aromatic nitrogens is 1. The van der Waals surface area contributed by atoms with Crippen molar-refractivity contribution < 1.29 is 9.53 Å². The lowest BCUT2D eigenvalue weighted by Gasteiger charge is -2.13. The van der Waals surface area contributed by atoms with Crippen molar-refractivity contribution in [3.63, 3.8) is 0 Å². The number of amides is 1. The molecule has 5 heteroatoms. The Balaban J connectivity index is 1.60. The number of benzene rings is 2. The van der Waals surface area contributed by atoms with Crippen LogP contribution in [0.3, 0.4) is 0 Å². The largest absolute Gasteiger partial charge is 0.481 e. The van der Waals surface area contributed by atoms with Crippen LogP contribution in [0.4, 0.5) is 0 Å². The molecule has 0 saturated heterocycles. The van der Waals surface area contributed by atoms with Gasteiger partial charge in [-0.05, 0) is 42.0 Å². The first kappa shape index (κ1) is 14.8. The van der Waals surface area contributed by atoms with Crippen LogP contribution < -0.4 is 10.2 Å². The summed E-state index contributed by atoms with van der Waals surface area (Å²) in [6.45, 7) is 1.69. The molecule has 1 aromatic heterocycles. The predicted octanol–water partition coefficient (Wildman–Crippen LogP) is 3.09. The third-order valence-electron chi connectivity index (χ3n) is 3.40. The average molecular weight is 307 g/mol. The Morgan fingerprint density at radius 3 is 2.78 bits per heavy atom. The van der Waals surface area contributed by atoms with Crippen LogP contribution in [0.15, 0.2) is 65.9 Å². The van der Waals surface area contributed by atoms with E-state index in [1.54, 1.807) is 19.3 Å². The highest BCUT2D eigenvalue weighted by Crippen LogP contribution is 2.21. The molecule has 1 atom stereocenters. The van der Waals surface area contributed by atoms with Gasteiger partial charge in [-0.15, -0.1) is 0 Å². The second kappa shape index (κ2) is 6.79. The highest BCUT2D eigenvalue weighted by atomic mass is 16.5. The number of aromatic amines is 1. The summed E-state index contributed by atoms with van der Waals surface area (Å²) < 4.78 is 5.68. The van der Waals surface area contributed by atoms with Crippen molar-refractivity contribution >= 4 is 22.9 Å². The molecule has 0 aliphatic rings. The Morgan fingerprint density at radius 2 is 2.00 bits per heavy atom. The minimum Gasteiger partial charge on any atom is -0.481 e. The molecule has 0 bridgehead atoms. The van der Waals surface area contributed by atoms with Crippen molar-refractivity contribution in [2.75, 3.05) is 0 Å². The Labute approximate surface area is 134 Å². The number of nitrogens with one attached hydrogen (secondary N) is 2. The molecule has 0 aliphatic carbocycles.